The van der Waals surface area contributed by atoms with E-state index in [9.17, 15) is 24.9 Å². The number of carbonyl (C=O) groups excluding carboxylic acids is 2. The Morgan fingerprint density at radius 1 is 1.39 bits per heavy atom. The molecular weight excluding hydrogens is 419 g/mol. The van der Waals surface area contributed by atoms with Crippen LogP contribution in [0, 0.1) is 0 Å². The third kappa shape index (κ3) is 5.99. The molecule has 0 spiro atoms. The van der Waals surface area contributed by atoms with Gasteiger partial charge in [-0.3, -0.25) is 9.59 Å². The topological polar surface area (TPSA) is 128 Å². The fraction of sp³-hybridized carbons (Fsp3) is 0.714. The number of carbonyl (C=O) groups is 2. The van der Waals surface area contributed by atoms with Gasteiger partial charge >= 0.3 is 0 Å². The van der Waals surface area contributed by atoms with Crippen LogP contribution in [0.2, 0.25) is 0 Å². The highest BCUT2D eigenvalue weighted by atomic mass is 127. The molecule has 1 fully saturated rings. The first kappa shape index (κ1) is 20.3. The van der Waals surface area contributed by atoms with Gasteiger partial charge < -0.3 is 30.7 Å². The molecule has 0 radical (unpaired) electrons. The molecule has 1 aliphatic heterocycles. The molecule has 5 N–H and O–H groups in total. The van der Waals surface area contributed by atoms with E-state index in [0.29, 0.717) is 13.0 Å². The number of hydrogen-bond acceptors (Lipinski definition) is 6. The van der Waals surface area contributed by atoms with Gasteiger partial charge in [0, 0.05) is 13.7 Å². The van der Waals surface area contributed by atoms with Crippen molar-refractivity contribution in [2.45, 2.75) is 49.7 Å². The lowest BCUT2D eigenvalue weighted by Gasteiger charge is -2.28. The average Bonchev–Trinajstić information content (AvgIpc) is 2.72. The van der Waals surface area contributed by atoms with Gasteiger partial charge in [0.25, 0.3) is 5.91 Å². The Bertz CT molecular complexity index is 433. The van der Waals surface area contributed by atoms with Crippen molar-refractivity contribution in [2.75, 3.05) is 13.7 Å². The van der Waals surface area contributed by atoms with Gasteiger partial charge in [0.2, 0.25) is 5.91 Å². The number of amides is 2. The van der Waals surface area contributed by atoms with Gasteiger partial charge in [-0.2, -0.15) is 0 Å². The van der Waals surface area contributed by atoms with E-state index in [-0.39, 0.29) is 5.91 Å². The Hall–Kier alpha value is -0.750. The third-order valence-corrected chi connectivity index (χ3v) is 4.06. The zero-order valence-electron chi connectivity index (χ0n) is 12.8. The molecule has 0 aliphatic carbocycles. The monoisotopic (exact) mass is 442 g/mol. The number of nitrogens with one attached hydrogen (secondary N) is 2. The summed E-state index contributed by atoms with van der Waals surface area (Å²) in [4.78, 5) is 24.1. The molecule has 0 aromatic carbocycles. The predicted molar refractivity (Wildman–Crippen MR) is 90.8 cm³/mol. The SMILES string of the molecule is CO[C@@H](C(=O)N[C@H]1CCCCNC1=O)[C@H](O)[C@@H](O)[C@H](O)/C=C/I. The Morgan fingerprint density at radius 3 is 2.70 bits per heavy atom. The second-order valence-corrected chi connectivity index (χ2v) is 6.01. The Morgan fingerprint density at radius 2 is 2.09 bits per heavy atom. The lowest BCUT2D eigenvalue weighted by atomic mass is 10.0. The number of aliphatic hydroxyl groups excluding tert-OH is 3. The van der Waals surface area contributed by atoms with E-state index in [1.165, 1.54) is 17.3 Å². The van der Waals surface area contributed by atoms with Crippen LogP contribution in [0.5, 0.6) is 0 Å². The van der Waals surface area contributed by atoms with E-state index in [1.807, 2.05) is 22.6 Å². The number of methoxy groups -OCH3 is 1. The molecule has 0 bridgehead atoms. The van der Waals surface area contributed by atoms with Crippen LogP contribution in [0.15, 0.2) is 10.2 Å². The van der Waals surface area contributed by atoms with Gasteiger partial charge in [-0.25, -0.2) is 0 Å². The van der Waals surface area contributed by atoms with Crippen LogP contribution >= 0.6 is 22.6 Å². The molecule has 0 aromatic heterocycles. The Labute approximate surface area is 148 Å². The molecule has 9 heteroatoms. The lowest BCUT2D eigenvalue weighted by Crippen LogP contribution is -2.55. The van der Waals surface area contributed by atoms with Crippen molar-refractivity contribution in [1.29, 1.82) is 0 Å². The van der Waals surface area contributed by atoms with Crippen LogP contribution in [0.25, 0.3) is 0 Å². The minimum absolute atomic E-state index is 0.284. The second-order valence-electron chi connectivity index (χ2n) is 5.29. The minimum Gasteiger partial charge on any atom is -0.387 e. The number of ether oxygens (including phenoxy) is 1. The minimum atomic E-state index is -1.64. The normalized spacial score (nSPS) is 24.4. The quantitative estimate of drug-likeness (QED) is 0.316. The molecule has 0 unspecified atom stereocenters. The van der Waals surface area contributed by atoms with Crippen LogP contribution in [0.4, 0.5) is 0 Å². The Kier molecular flexibility index (Phi) is 8.99. The highest BCUT2D eigenvalue weighted by Crippen LogP contribution is 2.12. The summed E-state index contributed by atoms with van der Waals surface area (Å²) in [6.07, 6.45) is -2.60. The summed E-state index contributed by atoms with van der Waals surface area (Å²) in [7, 11) is 1.20. The first-order chi connectivity index (χ1) is 10.9. The Balaban J connectivity index is 2.71. The lowest BCUT2D eigenvalue weighted by molar-refractivity contribution is -0.150. The van der Waals surface area contributed by atoms with Crippen molar-refractivity contribution >= 4 is 34.4 Å². The summed E-state index contributed by atoms with van der Waals surface area (Å²) in [5.74, 6) is -1.000. The van der Waals surface area contributed by atoms with Crippen LogP contribution in [0.1, 0.15) is 19.3 Å². The van der Waals surface area contributed by atoms with Crippen molar-refractivity contribution in [3.05, 3.63) is 10.2 Å². The molecule has 2 amide bonds. The van der Waals surface area contributed by atoms with Gasteiger partial charge in [-0.05, 0) is 29.4 Å². The standard InChI is InChI=1S/C14H23IN2O6/c1-23-12(11(20)10(19)9(18)5-6-15)14(22)17-8-4-2-3-7-16-13(8)21/h5-6,8-12,18-20H,2-4,7H2,1H3,(H,16,21)(H,17,22)/b6-5+/t8-,9+,10-,11+,12+/m0/s1. The predicted octanol–water partition coefficient (Wildman–Crippen LogP) is -1.18. The summed E-state index contributed by atoms with van der Waals surface area (Å²) in [5, 5.41) is 34.8. The molecule has 0 saturated carbocycles. The number of hydrogen-bond donors (Lipinski definition) is 5. The van der Waals surface area contributed by atoms with E-state index in [1.54, 1.807) is 0 Å². The molecular formula is C14H23IN2O6. The number of halogens is 1. The fourth-order valence-corrected chi connectivity index (χ4v) is 2.73. The smallest absolute Gasteiger partial charge is 0.252 e. The van der Waals surface area contributed by atoms with E-state index < -0.39 is 36.4 Å². The van der Waals surface area contributed by atoms with Crippen molar-refractivity contribution in [1.82, 2.24) is 10.6 Å². The van der Waals surface area contributed by atoms with Gasteiger partial charge in [0.1, 0.15) is 24.4 Å². The zero-order chi connectivity index (χ0) is 17.4. The zero-order valence-corrected chi connectivity index (χ0v) is 15.0. The van der Waals surface area contributed by atoms with Crippen LogP contribution in [-0.4, -0.2) is 71.2 Å². The largest absolute Gasteiger partial charge is 0.387 e. The van der Waals surface area contributed by atoms with E-state index in [4.69, 9.17) is 4.74 Å². The summed E-state index contributed by atoms with van der Waals surface area (Å²) >= 11 is 1.85. The maximum Gasteiger partial charge on any atom is 0.252 e. The fourth-order valence-electron chi connectivity index (χ4n) is 2.30. The average molecular weight is 442 g/mol. The third-order valence-electron chi connectivity index (χ3n) is 3.64. The second kappa shape index (κ2) is 10.2. The summed E-state index contributed by atoms with van der Waals surface area (Å²) in [6, 6.07) is -0.703. The van der Waals surface area contributed by atoms with Crippen molar-refractivity contribution in [2.24, 2.45) is 0 Å². The molecule has 5 atom stereocenters. The van der Waals surface area contributed by atoms with Crippen molar-refractivity contribution in [3.8, 4) is 0 Å². The van der Waals surface area contributed by atoms with Crippen LogP contribution in [0.3, 0.4) is 0 Å². The highest BCUT2D eigenvalue weighted by molar-refractivity contribution is 14.1. The summed E-state index contributed by atoms with van der Waals surface area (Å²) < 4.78 is 6.42. The van der Waals surface area contributed by atoms with Gasteiger partial charge in [0.15, 0.2) is 6.10 Å². The molecule has 23 heavy (non-hydrogen) atoms. The highest BCUT2D eigenvalue weighted by Gasteiger charge is 2.36. The summed E-state index contributed by atoms with van der Waals surface area (Å²) in [6.45, 7) is 0.565. The molecule has 1 aliphatic rings. The maximum atomic E-state index is 12.2. The first-order valence-corrected chi connectivity index (χ1v) is 8.59. The summed E-state index contributed by atoms with van der Waals surface area (Å²) in [5.41, 5.74) is 0. The van der Waals surface area contributed by atoms with Crippen LogP contribution in [-0.2, 0) is 14.3 Å². The van der Waals surface area contributed by atoms with Gasteiger partial charge in [0.05, 0.1) is 0 Å². The van der Waals surface area contributed by atoms with E-state index in [2.05, 4.69) is 10.6 Å². The molecule has 1 saturated heterocycles. The molecule has 8 nitrogen and oxygen atoms in total. The van der Waals surface area contributed by atoms with Crippen molar-refractivity contribution in [3.63, 3.8) is 0 Å². The molecule has 132 valence electrons. The first-order valence-electron chi connectivity index (χ1n) is 7.34. The number of aliphatic hydroxyl groups is 3. The van der Waals surface area contributed by atoms with Gasteiger partial charge in [-0.1, -0.05) is 22.6 Å². The van der Waals surface area contributed by atoms with Crippen LogP contribution < -0.4 is 10.6 Å². The van der Waals surface area contributed by atoms with E-state index >= 15 is 0 Å². The maximum absolute atomic E-state index is 12.2. The molecule has 0 aromatic rings. The molecule has 1 rings (SSSR count). The molecule has 1 heterocycles. The van der Waals surface area contributed by atoms with E-state index in [0.717, 1.165) is 12.8 Å². The van der Waals surface area contributed by atoms with Gasteiger partial charge in [-0.15, -0.1) is 0 Å². The van der Waals surface area contributed by atoms with Crippen molar-refractivity contribution < 1.29 is 29.6 Å². The number of rotatable bonds is 7.